The summed E-state index contributed by atoms with van der Waals surface area (Å²) in [6.45, 7) is 0.787. The van der Waals surface area contributed by atoms with E-state index in [1.807, 2.05) is 79.7 Å². The third-order valence-electron chi connectivity index (χ3n) is 3.48. The Bertz CT molecular complexity index is 599. The first-order valence-electron chi connectivity index (χ1n) is 7.71. The molecule has 0 N–H and O–H groups in total. The maximum absolute atomic E-state index is 12.7. The number of benzene rings is 2. The fourth-order valence-electron chi connectivity index (χ4n) is 2.33. The summed E-state index contributed by atoms with van der Waals surface area (Å²) in [5, 5.41) is 0. The predicted molar refractivity (Wildman–Crippen MR) is 92.8 cm³/mol. The van der Waals surface area contributed by atoms with Gasteiger partial charge in [-0.15, -0.1) is 0 Å². The van der Waals surface area contributed by atoms with Gasteiger partial charge in [0.2, 0.25) is 5.78 Å². The number of Topliss-reactive ketones (excluding diaryl/α,β-unsaturated/α-hetero) is 1. The van der Waals surface area contributed by atoms with Gasteiger partial charge in [0.1, 0.15) is 0 Å². The van der Waals surface area contributed by atoms with Crippen LogP contribution in [0.15, 0.2) is 60.7 Å². The molecule has 0 saturated heterocycles. The number of hydrogen-bond donors (Lipinski definition) is 0. The van der Waals surface area contributed by atoms with Crippen LogP contribution in [-0.2, 0) is 9.59 Å². The molecule has 0 aliphatic heterocycles. The van der Waals surface area contributed by atoms with Crippen LogP contribution in [-0.4, -0.2) is 37.2 Å². The van der Waals surface area contributed by atoms with Gasteiger partial charge in [-0.2, -0.15) is 0 Å². The first-order chi connectivity index (χ1) is 11.1. The lowest BCUT2D eigenvalue weighted by molar-refractivity contribution is -0.135. The molecule has 0 spiro atoms. The van der Waals surface area contributed by atoms with Crippen LogP contribution < -0.4 is 4.90 Å². The number of para-hydroxylation sites is 2. The summed E-state index contributed by atoms with van der Waals surface area (Å²) in [6.07, 6.45) is 0.933. The lowest BCUT2D eigenvalue weighted by Crippen LogP contribution is -2.33. The summed E-state index contributed by atoms with van der Waals surface area (Å²) in [7, 11) is 3.90. The lowest BCUT2D eigenvalue weighted by atomic mass is 10.1. The third kappa shape index (κ3) is 4.76. The zero-order chi connectivity index (χ0) is 16.7. The number of carbonyl (C=O) groups excluding carboxylic acids is 2. The highest BCUT2D eigenvalue weighted by Crippen LogP contribution is 2.25. The third-order valence-corrected chi connectivity index (χ3v) is 3.48. The topological polar surface area (TPSA) is 40.6 Å². The average molecular weight is 310 g/mol. The number of ketones is 1. The number of rotatable bonds is 7. The van der Waals surface area contributed by atoms with E-state index < -0.39 is 5.91 Å². The van der Waals surface area contributed by atoms with Gasteiger partial charge in [0.05, 0.1) is 0 Å². The van der Waals surface area contributed by atoms with Crippen LogP contribution in [0, 0.1) is 0 Å². The minimum atomic E-state index is -0.485. The molecule has 2 aromatic carbocycles. The monoisotopic (exact) mass is 310 g/mol. The molecule has 0 aromatic heterocycles. The van der Waals surface area contributed by atoms with E-state index in [9.17, 15) is 9.59 Å². The number of anilines is 2. The van der Waals surface area contributed by atoms with Gasteiger partial charge in [0.15, 0.2) is 0 Å². The molecule has 0 radical (unpaired) electrons. The van der Waals surface area contributed by atoms with E-state index in [2.05, 4.69) is 0 Å². The zero-order valence-electron chi connectivity index (χ0n) is 13.6. The molecule has 0 fully saturated rings. The van der Waals surface area contributed by atoms with Crippen molar-refractivity contribution in [1.82, 2.24) is 4.90 Å². The van der Waals surface area contributed by atoms with Crippen molar-refractivity contribution in [3.63, 3.8) is 0 Å². The second-order valence-electron chi connectivity index (χ2n) is 5.64. The van der Waals surface area contributed by atoms with Crippen LogP contribution in [0.3, 0.4) is 0 Å². The van der Waals surface area contributed by atoms with Gasteiger partial charge in [0.25, 0.3) is 5.91 Å². The number of carbonyl (C=O) groups is 2. The molecule has 120 valence electrons. The Balaban J connectivity index is 2.21. The van der Waals surface area contributed by atoms with Crippen molar-refractivity contribution >= 4 is 23.1 Å². The summed E-state index contributed by atoms with van der Waals surface area (Å²) in [5.41, 5.74) is 1.40. The Labute approximate surface area is 137 Å². The maximum atomic E-state index is 12.7. The molecule has 0 bridgehead atoms. The highest BCUT2D eigenvalue weighted by atomic mass is 16.2. The fraction of sp³-hybridized carbons (Fsp3) is 0.263. The van der Waals surface area contributed by atoms with Crippen molar-refractivity contribution in [3.8, 4) is 0 Å². The highest BCUT2D eigenvalue weighted by molar-refractivity contribution is 6.42. The molecule has 0 heterocycles. The first-order valence-corrected chi connectivity index (χ1v) is 7.71. The first kappa shape index (κ1) is 16.9. The quantitative estimate of drug-likeness (QED) is 0.737. The molecule has 0 aliphatic rings. The molecule has 4 heteroatoms. The fourth-order valence-corrected chi connectivity index (χ4v) is 2.33. The summed E-state index contributed by atoms with van der Waals surface area (Å²) < 4.78 is 0. The van der Waals surface area contributed by atoms with Gasteiger partial charge < -0.3 is 4.90 Å². The van der Waals surface area contributed by atoms with E-state index in [0.717, 1.165) is 6.54 Å². The van der Waals surface area contributed by atoms with Crippen molar-refractivity contribution in [2.24, 2.45) is 0 Å². The molecular formula is C19H22N2O2. The van der Waals surface area contributed by atoms with Crippen molar-refractivity contribution in [2.75, 3.05) is 25.5 Å². The molecule has 2 rings (SSSR count). The molecular weight excluding hydrogens is 288 g/mol. The molecule has 23 heavy (non-hydrogen) atoms. The normalized spacial score (nSPS) is 10.6. The van der Waals surface area contributed by atoms with Crippen molar-refractivity contribution in [3.05, 3.63) is 60.7 Å². The molecule has 2 aromatic rings. The van der Waals surface area contributed by atoms with Gasteiger partial charge in [-0.25, -0.2) is 0 Å². The van der Waals surface area contributed by atoms with Gasteiger partial charge in [-0.1, -0.05) is 36.4 Å². The molecule has 0 atom stereocenters. The summed E-state index contributed by atoms with van der Waals surface area (Å²) in [6, 6.07) is 18.5. The summed E-state index contributed by atoms with van der Waals surface area (Å²) in [4.78, 5) is 28.5. The minimum absolute atomic E-state index is 0.257. The van der Waals surface area contributed by atoms with Gasteiger partial charge in [-0.3, -0.25) is 14.5 Å². The van der Waals surface area contributed by atoms with Crippen molar-refractivity contribution < 1.29 is 9.59 Å². The van der Waals surface area contributed by atoms with Crippen molar-refractivity contribution in [1.29, 1.82) is 0 Å². The number of nitrogens with zero attached hydrogens (tertiary/aromatic N) is 2. The van der Waals surface area contributed by atoms with E-state index in [-0.39, 0.29) is 12.2 Å². The maximum Gasteiger partial charge on any atom is 0.298 e. The largest absolute Gasteiger partial charge is 0.309 e. The van der Waals surface area contributed by atoms with Gasteiger partial charge in [-0.05, 0) is 51.3 Å². The molecule has 1 amide bonds. The van der Waals surface area contributed by atoms with Crippen LogP contribution in [0.25, 0.3) is 0 Å². The Hall–Kier alpha value is -2.46. The summed E-state index contributed by atoms with van der Waals surface area (Å²) in [5.74, 6) is -0.847. The van der Waals surface area contributed by atoms with Crippen LogP contribution in [0.5, 0.6) is 0 Å². The van der Waals surface area contributed by atoms with E-state index in [1.165, 1.54) is 4.90 Å². The Kier molecular flexibility index (Phi) is 6.06. The average Bonchev–Trinajstić information content (AvgIpc) is 2.56. The van der Waals surface area contributed by atoms with E-state index in [1.54, 1.807) is 0 Å². The van der Waals surface area contributed by atoms with E-state index in [4.69, 9.17) is 0 Å². The second-order valence-corrected chi connectivity index (χ2v) is 5.64. The van der Waals surface area contributed by atoms with Crippen molar-refractivity contribution in [2.45, 2.75) is 12.8 Å². The smallest absolute Gasteiger partial charge is 0.298 e. The predicted octanol–water partition coefficient (Wildman–Crippen LogP) is 3.26. The van der Waals surface area contributed by atoms with E-state index in [0.29, 0.717) is 17.8 Å². The Morgan fingerprint density at radius 3 is 1.74 bits per heavy atom. The van der Waals surface area contributed by atoms with Gasteiger partial charge >= 0.3 is 0 Å². The van der Waals surface area contributed by atoms with Crippen LogP contribution in [0.2, 0.25) is 0 Å². The number of hydrogen-bond acceptors (Lipinski definition) is 3. The minimum Gasteiger partial charge on any atom is -0.309 e. The van der Waals surface area contributed by atoms with Crippen LogP contribution >= 0.6 is 0 Å². The SMILES string of the molecule is CN(C)CCCC(=O)C(=O)N(c1ccccc1)c1ccccc1. The molecule has 0 saturated carbocycles. The molecule has 0 unspecified atom stereocenters. The highest BCUT2D eigenvalue weighted by Gasteiger charge is 2.24. The summed E-state index contributed by atoms with van der Waals surface area (Å²) >= 11 is 0. The standard InChI is InChI=1S/C19H22N2O2/c1-20(2)15-9-14-18(22)19(23)21(16-10-5-3-6-11-16)17-12-7-4-8-13-17/h3-8,10-13H,9,14-15H2,1-2H3. The zero-order valence-corrected chi connectivity index (χ0v) is 13.6. The Morgan fingerprint density at radius 2 is 1.30 bits per heavy atom. The van der Waals surface area contributed by atoms with E-state index >= 15 is 0 Å². The lowest BCUT2D eigenvalue weighted by Gasteiger charge is -2.22. The van der Waals surface area contributed by atoms with Crippen LogP contribution in [0.1, 0.15) is 12.8 Å². The second kappa shape index (κ2) is 8.25. The molecule has 4 nitrogen and oxygen atoms in total. The van der Waals surface area contributed by atoms with Crippen LogP contribution in [0.4, 0.5) is 11.4 Å². The van der Waals surface area contributed by atoms with Gasteiger partial charge in [0, 0.05) is 17.8 Å². The number of amides is 1. The Morgan fingerprint density at radius 1 is 0.826 bits per heavy atom. The molecule has 0 aliphatic carbocycles.